The number of methoxy groups -OCH3 is 1. The van der Waals surface area contributed by atoms with E-state index in [1.807, 2.05) is 0 Å². The van der Waals surface area contributed by atoms with Crippen molar-refractivity contribution in [2.75, 3.05) is 12.4 Å². The van der Waals surface area contributed by atoms with Crippen molar-refractivity contribution >= 4 is 45.8 Å². The third-order valence-corrected chi connectivity index (χ3v) is 4.18. The fraction of sp³-hybridized carbons (Fsp3) is 0.0625. The monoisotopic (exact) mass is 364 g/mol. The van der Waals surface area contributed by atoms with Crippen LogP contribution < -0.4 is 10.4 Å². The molecule has 1 aromatic heterocycles. The molecule has 0 bridgehead atoms. The lowest BCUT2D eigenvalue weighted by Gasteiger charge is -2.07. The van der Waals surface area contributed by atoms with Gasteiger partial charge in [0.25, 0.3) is 0 Å². The van der Waals surface area contributed by atoms with Gasteiger partial charge in [0.2, 0.25) is 5.91 Å². The van der Waals surface area contributed by atoms with Gasteiger partial charge >= 0.3 is 5.97 Å². The Balaban J connectivity index is 2.44. The average Bonchev–Trinajstić information content (AvgIpc) is 2.96. The summed E-state index contributed by atoms with van der Waals surface area (Å²) in [6.45, 7) is 0. The van der Waals surface area contributed by atoms with Gasteiger partial charge in [0, 0.05) is 27.6 Å². The average molecular weight is 365 g/mol. The van der Waals surface area contributed by atoms with E-state index in [0.717, 1.165) is 17.4 Å². The van der Waals surface area contributed by atoms with E-state index < -0.39 is 17.8 Å². The van der Waals surface area contributed by atoms with Gasteiger partial charge in [-0.05, 0) is 12.1 Å². The van der Waals surface area contributed by atoms with Crippen molar-refractivity contribution in [1.29, 1.82) is 0 Å². The van der Waals surface area contributed by atoms with Crippen molar-refractivity contribution in [3.05, 3.63) is 52.4 Å². The summed E-state index contributed by atoms with van der Waals surface area (Å²) < 4.78 is 4.77. The molecule has 0 fully saturated rings. The number of esters is 1. The van der Waals surface area contributed by atoms with Gasteiger partial charge in [-0.1, -0.05) is 29.8 Å². The Bertz CT molecular complexity index is 828. The Morgan fingerprint density at radius 1 is 1.21 bits per heavy atom. The van der Waals surface area contributed by atoms with E-state index in [1.54, 1.807) is 29.6 Å². The van der Waals surface area contributed by atoms with E-state index in [-0.39, 0.29) is 10.6 Å². The maximum absolute atomic E-state index is 12.1. The zero-order valence-electron chi connectivity index (χ0n) is 12.4. The lowest BCUT2D eigenvalue weighted by atomic mass is 10.0. The van der Waals surface area contributed by atoms with Crippen LogP contribution in [-0.4, -0.2) is 25.0 Å². The lowest BCUT2D eigenvalue weighted by Crippen LogP contribution is -2.20. The summed E-state index contributed by atoms with van der Waals surface area (Å²) in [4.78, 5) is 34.2. The molecule has 2 aromatic rings. The molecule has 0 radical (unpaired) electrons. The molecule has 0 saturated carbocycles. The number of rotatable bonds is 5. The number of thiophene rings is 1. The molecule has 6 nitrogen and oxygen atoms in total. The fourth-order valence-electron chi connectivity index (χ4n) is 1.93. The first-order valence-electron chi connectivity index (χ1n) is 6.58. The zero-order chi connectivity index (χ0) is 17.7. The van der Waals surface area contributed by atoms with E-state index in [4.69, 9.17) is 16.3 Å². The number of carboxylic acid groups (broad SMARTS) is 1. The number of benzene rings is 1. The maximum Gasteiger partial charge on any atom is 0.341 e. The first-order chi connectivity index (χ1) is 11.4. The van der Waals surface area contributed by atoms with Crippen LogP contribution in [0.25, 0.3) is 11.1 Å². The van der Waals surface area contributed by atoms with Gasteiger partial charge in [-0.25, -0.2) is 4.79 Å². The Kier molecular flexibility index (Phi) is 5.73. The molecule has 24 heavy (non-hydrogen) atoms. The van der Waals surface area contributed by atoms with Crippen LogP contribution in [0.2, 0.25) is 5.02 Å². The van der Waals surface area contributed by atoms with Crippen LogP contribution in [0.5, 0.6) is 0 Å². The van der Waals surface area contributed by atoms with Crippen molar-refractivity contribution in [2.24, 2.45) is 0 Å². The summed E-state index contributed by atoms with van der Waals surface area (Å²) >= 11 is 7.26. The normalized spacial score (nSPS) is 10.6. The Hall–Kier alpha value is -2.64. The first kappa shape index (κ1) is 17.7. The van der Waals surface area contributed by atoms with Crippen molar-refractivity contribution < 1.29 is 24.2 Å². The Morgan fingerprint density at radius 2 is 1.92 bits per heavy atom. The quantitative estimate of drug-likeness (QED) is 0.647. The number of amides is 1. The zero-order valence-corrected chi connectivity index (χ0v) is 13.9. The number of halogens is 1. The summed E-state index contributed by atoms with van der Waals surface area (Å²) in [5, 5.41) is 15.1. The van der Waals surface area contributed by atoms with Crippen LogP contribution in [-0.2, 0) is 14.3 Å². The highest BCUT2D eigenvalue weighted by atomic mass is 35.5. The summed E-state index contributed by atoms with van der Waals surface area (Å²) in [6.07, 6.45) is 1.39. The van der Waals surface area contributed by atoms with E-state index in [0.29, 0.717) is 22.2 Å². The lowest BCUT2D eigenvalue weighted by molar-refractivity contribution is -0.297. The molecule has 0 aliphatic carbocycles. The van der Waals surface area contributed by atoms with Gasteiger partial charge in [-0.15, -0.1) is 11.3 Å². The van der Waals surface area contributed by atoms with Crippen LogP contribution in [0.1, 0.15) is 10.4 Å². The Labute approximate surface area is 146 Å². The standard InChI is InChI=1S/C16H12ClNO5S/c1-23-16(22)14-10(9-4-2-3-5-11(9)17)8-24-15(14)18-12(19)6-7-13(20)21/h2-8H,1H3,(H,18,19)(H,20,21)/p-1/b7-6+. The van der Waals surface area contributed by atoms with Crippen molar-refractivity contribution in [3.63, 3.8) is 0 Å². The molecule has 0 aliphatic rings. The number of carbonyl (C=O) groups is 3. The number of nitrogens with one attached hydrogen (secondary N) is 1. The molecule has 0 aliphatic heterocycles. The molecule has 1 aromatic carbocycles. The third-order valence-electron chi connectivity index (χ3n) is 2.95. The summed E-state index contributed by atoms with van der Waals surface area (Å²) in [5.41, 5.74) is 1.27. The molecule has 8 heteroatoms. The molecular weight excluding hydrogens is 354 g/mol. The number of aliphatic carboxylic acids is 1. The highest BCUT2D eigenvalue weighted by molar-refractivity contribution is 7.15. The maximum atomic E-state index is 12.1. The molecule has 1 N–H and O–H groups in total. The highest BCUT2D eigenvalue weighted by Crippen LogP contribution is 2.38. The SMILES string of the molecule is COC(=O)c1c(-c2ccccc2Cl)csc1NC(=O)/C=C/C(=O)[O-]. The Morgan fingerprint density at radius 3 is 2.54 bits per heavy atom. The molecule has 0 saturated heterocycles. The number of carbonyl (C=O) groups excluding carboxylic acids is 3. The van der Waals surface area contributed by atoms with Gasteiger partial charge in [0.05, 0.1) is 13.1 Å². The van der Waals surface area contributed by atoms with Gasteiger partial charge in [0.1, 0.15) is 10.6 Å². The third kappa shape index (κ3) is 4.01. The molecule has 0 spiro atoms. The minimum atomic E-state index is -1.50. The van der Waals surface area contributed by atoms with Crippen LogP contribution in [0.4, 0.5) is 5.00 Å². The summed E-state index contributed by atoms with van der Waals surface area (Å²) in [5.74, 6) is -2.86. The van der Waals surface area contributed by atoms with Gasteiger partial charge < -0.3 is 20.0 Å². The smallest absolute Gasteiger partial charge is 0.341 e. The van der Waals surface area contributed by atoms with E-state index in [9.17, 15) is 19.5 Å². The van der Waals surface area contributed by atoms with Crippen molar-refractivity contribution in [1.82, 2.24) is 0 Å². The van der Waals surface area contributed by atoms with Gasteiger partial charge in [-0.3, -0.25) is 4.79 Å². The van der Waals surface area contributed by atoms with Crippen LogP contribution in [0, 0.1) is 0 Å². The van der Waals surface area contributed by atoms with E-state index in [2.05, 4.69) is 5.32 Å². The molecule has 1 amide bonds. The predicted molar refractivity (Wildman–Crippen MR) is 88.9 cm³/mol. The second-order valence-electron chi connectivity index (χ2n) is 4.47. The minimum absolute atomic E-state index is 0.144. The second kappa shape index (κ2) is 7.76. The van der Waals surface area contributed by atoms with Crippen molar-refractivity contribution in [2.45, 2.75) is 0 Å². The van der Waals surface area contributed by atoms with Crippen molar-refractivity contribution in [3.8, 4) is 11.1 Å². The molecule has 2 rings (SSSR count). The largest absolute Gasteiger partial charge is 0.545 e. The molecular formula is C16H11ClNO5S-. The number of hydrogen-bond acceptors (Lipinski definition) is 6. The summed E-state index contributed by atoms with van der Waals surface area (Å²) in [6, 6.07) is 6.93. The number of anilines is 1. The van der Waals surface area contributed by atoms with E-state index in [1.165, 1.54) is 7.11 Å². The van der Waals surface area contributed by atoms with Crippen LogP contribution in [0.3, 0.4) is 0 Å². The fourth-order valence-corrected chi connectivity index (χ4v) is 3.12. The van der Waals surface area contributed by atoms with Gasteiger partial charge in [0.15, 0.2) is 0 Å². The van der Waals surface area contributed by atoms with Crippen LogP contribution >= 0.6 is 22.9 Å². The second-order valence-corrected chi connectivity index (χ2v) is 5.75. The van der Waals surface area contributed by atoms with Gasteiger partial charge in [-0.2, -0.15) is 0 Å². The van der Waals surface area contributed by atoms with E-state index >= 15 is 0 Å². The summed E-state index contributed by atoms with van der Waals surface area (Å²) in [7, 11) is 1.22. The highest BCUT2D eigenvalue weighted by Gasteiger charge is 2.22. The number of ether oxygens (including phenoxy) is 1. The molecule has 0 unspecified atom stereocenters. The minimum Gasteiger partial charge on any atom is -0.545 e. The first-order valence-corrected chi connectivity index (χ1v) is 7.84. The molecule has 0 atom stereocenters. The topological polar surface area (TPSA) is 95.5 Å². The number of hydrogen-bond donors (Lipinski definition) is 1. The van der Waals surface area contributed by atoms with Crippen LogP contribution in [0.15, 0.2) is 41.8 Å². The molecule has 124 valence electrons. The molecule has 1 heterocycles. The predicted octanol–water partition coefficient (Wildman–Crippen LogP) is 2.10. The number of carboxylic acids is 1.